The van der Waals surface area contributed by atoms with E-state index in [0.717, 1.165) is 48.6 Å². The van der Waals surface area contributed by atoms with E-state index in [2.05, 4.69) is 16.3 Å². The predicted octanol–water partition coefficient (Wildman–Crippen LogP) is 3.84. The molecule has 0 spiro atoms. The summed E-state index contributed by atoms with van der Waals surface area (Å²) in [4.78, 5) is 14.6. The Bertz CT molecular complexity index is 750. The van der Waals surface area contributed by atoms with Crippen LogP contribution in [0.5, 0.6) is 5.75 Å². The van der Waals surface area contributed by atoms with Crippen molar-refractivity contribution in [3.05, 3.63) is 54.1 Å². The number of carbonyl (C=O) groups excluding carboxylic acids is 1. The minimum absolute atomic E-state index is 0. The average molecular weight is 426 g/mol. The molecule has 1 saturated heterocycles. The zero-order valence-corrected chi connectivity index (χ0v) is 17.7. The van der Waals surface area contributed by atoms with Gasteiger partial charge in [0, 0.05) is 31.2 Å². The molecule has 0 radical (unpaired) electrons. The minimum Gasteiger partial charge on any atom is -0.495 e. The van der Waals surface area contributed by atoms with Crippen LogP contribution in [0.2, 0.25) is 0 Å². The Labute approximate surface area is 179 Å². The number of hydrogen-bond acceptors (Lipinski definition) is 4. The highest BCUT2D eigenvalue weighted by Crippen LogP contribution is 2.29. The van der Waals surface area contributed by atoms with Crippen molar-refractivity contribution >= 4 is 42.1 Å². The van der Waals surface area contributed by atoms with Gasteiger partial charge in [0.2, 0.25) is 5.91 Å². The van der Waals surface area contributed by atoms with Crippen molar-refractivity contribution in [1.29, 1.82) is 0 Å². The largest absolute Gasteiger partial charge is 0.495 e. The first-order chi connectivity index (χ1) is 12.7. The van der Waals surface area contributed by atoms with Crippen LogP contribution >= 0.6 is 24.8 Å². The summed E-state index contributed by atoms with van der Waals surface area (Å²) in [6, 6.07) is 16.0. The number of benzene rings is 2. The van der Waals surface area contributed by atoms with Crippen LogP contribution in [0.3, 0.4) is 0 Å². The number of nitrogens with one attached hydrogen (secondary N) is 1. The van der Waals surface area contributed by atoms with Crippen molar-refractivity contribution in [2.24, 2.45) is 0 Å². The molecular weight excluding hydrogens is 397 g/mol. The van der Waals surface area contributed by atoms with Gasteiger partial charge in [-0.1, -0.05) is 30.3 Å². The summed E-state index contributed by atoms with van der Waals surface area (Å²) in [5.74, 6) is 0.999. The van der Waals surface area contributed by atoms with E-state index in [1.54, 1.807) is 7.11 Å². The smallest absolute Gasteiger partial charge is 0.220 e. The van der Waals surface area contributed by atoms with Gasteiger partial charge in [-0.05, 0) is 43.0 Å². The molecule has 3 N–H and O–H groups in total. The second-order valence-corrected chi connectivity index (χ2v) is 6.70. The maximum absolute atomic E-state index is 12.3. The summed E-state index contributed by atoms with van der Waals surface area (Å²) < 4.78 is 5.45. The maximum atomic E-state index is 12.3. The number of rotatable bonds is 6. The molecular formula is C21H29Cl2N3O2. The summed E-state index contributed by atoms with van der Waals surface area (Å²) in [5.41, 5.74) is 8.85. The molecule has 1 aliphatic heterocycles. The second-order valence-electron chi connectivity index (χ2n) is 6.70. The van der Waals surface area contributed by atoms with Crippen LogP contribution in [0, 0.1) is 0 Å². The van der Waals surface area contributed by atoms with Crippen molar-refractivity contribution in [3.8, 4) is 5.75 Å². The van der Waals surface area contributed by atoms with Crippen LogP contribution in [-0.2, 0) is 11.2 Å². The Hall–Kier alpha value is -2.11. The monoisotopic (exact) mass is 425 g/mol. The molecule has 1 heterocycles. The van der Waals surface area contributed by atoms with Crippen LogP contribution in [-0.4, -0.2) is 32.1 Å². The molecule has 1 fully saturated rings. The van der Waals surface area contributed by atoms with E-state index in [9.17, 15) is 4.79 Å². The summed E-state index contributed by atoms with van der Waals surface area (Å²) in [6.07, 6.45) is 3.04. The molecule has 0 atom stereocenters. The van der Waals surface area contributed by atoms with Gasteiger partial charge in [0.05, 0.1) is 12.8 Å². The second kappa shape index (κ2) is 11.7. The number of para-hydroxylation sites is 3. The van der Waals surface area contributed by atoms with Crippen molar-refractivity contribution in [3.63, 3.8) is 0 Å². The Morgan fingerprint density at radius 2 is 1.75 bits per heavy atom. The minimum atomic E-state index is 0. The first kappa shape index (κ1) is 23.9. The first-order valence-electron chi connectivity index (χ1n) is 9.18. The standard InChI is InChI=1S/C21H27N3O2.2ClH/c1-26-20-9-5-4-8-19(20)24-14-12-17(13-15-24)23-21(25)11-10-16-6-2-3-7-18(16)22;;/h2-9,17H,10-15,22H2,1H3,(H,23,25);2*1H. The number of nitrogens with zero attached hydrogens (tertiary/aromatic N) is 1. The molecule has 154 valence electrons. The number of aryl methyl sites for hydroxylation is 1. The Kier molecular flexibility index (Phi) is 9.97. The maximum Gasteiger partial charge on any atom is 0.220 e. The molecule has 0 aliphatic carbocycles. The van der Waals surface area contributed by atoms with Gasteiger partial charge < -0.3 is 20.7 Å². The SMILES string of the molecule is COc1ccccc1N1CCC(NC(=O)CCc2ccccc2N)CC1.Cl.Cl. The number of amides is 1. The zero-order valence-electron chi connectivity index (χ0n) is 16.1. The Morgan fingerprint density at radius 1 is 1.11 bits per heavy atom. The van der Waals surface area contributed by atoms with Crippen molar-refractivity contribution in [2.75, 3.05) is 30.8 Å². The van der Waals surface area contributed by atoms with Crippen LogP contribution in [0.25, 0.3) is 0 Å². The molecule has 2 aromatic carbocycles. The van der Waals surface area contributed by atoms with Gasteiger partial charge in [-0.3, -0.25) is 4.79 Å². The summed E-state index contributed by atoms with van der Waals surface area (Å²) in [5, 5.41) is 3.17. The first-order valence-corrected chi connectivity index (χ1v) is 9.18. The van der Waals surface area contributed by atoms with Crippen LogP contribution in [0.15, 0.2) is 48.5 Å². The predicted molar refractivity (Wildman–Crippen MR) is 120 cm³/mol. The number of ether oxygens (including phenoxy) is 1. The number of hydrogen-bond donors (Lipinski definition) is 2. The fraction of sp³-hybridized carbons (Fsp3) is 0.381. The molecule has 3 rings (SSSR count). The lowest BCUT2D eigenvalue weighted by atomic mass is 10.0. The zero-order chi connectivity index (χ0) is 18.4. The fourth-order valence-corrected chi connectivity index (χ4v) is 3.47. The normalized spacial score (nSPS) is 13.8. The number of nitrogens with two attached hydrogens (primary N) is 1. The Morgan fingerprint density at radius 3 is 2.43 bits per heavy atom. The topological polar surface area (TPSA) is 67.6 Å². The third kappa shape index (κ3) is 6.21. The van der Waals surface area contributed by atoms with E-state index in [0.29, 0.717) is 12.8 Å². The van der Waals surface area contributed by atoms with E-state index < -0.39 is 0 Å². The van der Waals surface area contributed by atoms with E-state index in [1.807, 2.05) is 42.5 Å². The van der Waals surface area contributed by atoms with Gasteiger partial charge in [0.15, 0.2) is 0 Å². The molecule has 0 unspecified atom stereocenters. The summed E-state index contributed by atoms with van der Waals surface area (Å²) >= 11 is 0. The van der Waals surface area contributed by atoms with Crippen LogP contribution in [0.4, 0.5) is 11.4 Å². The van der Waals surface area contributed by atoms with Gasteiger partial charge in [0.25, 0.3) is 0 Å². The highest BCUT2D eigenvalue weighted by atomic mass is 35.5. The molecule has 2 aromatic rings. The van der Waals surface area contributed by atoms with Crippen molar-refractivity contribution in [2.45, 2.75) is 31.7 Å². The number of carbonyl (C=O) groups is 1. The van der Waals surface area contributed by atoms with Gasteiger partial charge in [-0.2, -0.15) is 0 Å². The fourth-order valence-electron chi connectivity index (χ4n) is 3.47. The number of anilines is 2. The van der Waals surface area contributed by atoms with Gasteiger partial charge >= 0.3 is 0 Å². The Balaban J connectivity index is 0.00000196. The number of nitrogen functional groups attached to an aromatic ring is 1. The van der Waals surface area contributed by atoms with E-state index in [4.69, 9.17) is 10.5 Å². The molecule has 0 aromatic heterocycles. The molecule has 28 heavy (non-hydrogen) atoms. The lowest BCUT2D eigenvalue weighted by Crippen LogP contribution is -2.44. The van der Waals surface area contributed by atoms with E-state index in [-0.39, 0.29) is 36.8 Å². The molecule has 0 saturated carbocycles. The number of piperidine rings is 1. The average Bonchev–Trinajstić information content (AvgIpc) is 2.68. The lowest BCUT2D eigenvalue weighted by molar-refractivity contribution is -0.121. The lowest BCUT2D eigenvalue weighted by Gasteiger charge is -2.34. The van der Waals surface area contributed by atoms with Crippen molar-refractivity contribution < 1.29 is 9.53 Å². The van der Waals surface area contributed by atoms with E-state index in [1.165, 1.54) is 0 Å². The van der Waals surface area contributed by atoms with Crippen LogP contribution < -0.4 is 20.7 Å². The highest BCUT2D eigenvalue weighted by Gasteiger charge is 2.22. The van der Waals surface area contributed by atoms with Crippen LogP contribution in [0.1, 0.15) is 24.8 Å². The summed E-state index contributed by atoms with van der Waals surface area (Å²) in [6.45, 7) is 1.83. The molecule has 1 aliphatic rings. The summed E-state index contributed by atoms with van der Waals surface area (Å²) in [7, 11) is 1.70. The quantitative estimate of drug-likeness (QED) is 0.689. The van der Waals surface area contributed by atoms with Gasteiger partial charge in [-0.15, -0.1) is 24.8 Å². The van der Waals surface area contributed by atoms with E-state index >= 15 is 0 Å². The third-order valence-corrected chi connectivity index (χ3v) is 4.96. The van der Waals surface area contributed by atoms with Gasteiger partial charge in [-0.25, -0.2) is 0 Å². The third-order valence-electron chi connectivity index (χ3n) is 4.96. The number of halogens is 2. The molecule has 0 bridgehead atoms. The highest BCUT2D eigenvalue weighted by molar-refractivity contribution is 5.85. The number of methoxy groups -OCH3 is 1. The van der Waals surface area contributed by atoms with Crippen molar-refractivity contribution in [1.82, 2.24) is 5.32 Å². The molecule has 7 heteroatoms. The van der Waals surface area contributed by atoms with Gasteiger partial charge in [0.1, 0.15) is 5.75 Å². The molecule has 1 amide bonds. The molecule has 5 nitrogen and oxygen atoms in total.